The summed E-state index contributed by atoms with van der Waals surface area (Å²) in [5.74, 6) is 0.760. The number of hydrazine groups is 1. The van der Waals surface area contributed by atoms with Crippen molar-refractivity contribution in [2.45, 2.75) is 25.4 Å². The van der Waals surface area contributed by atoms with Crippen LogP contribution in [0.3, 0.4) is 0 Å². The molecule has 1 aliphatic heterocycles. The maximum absolute atomic E-state index is 6.28. The van der Waals surface area contributed by atoms with Crippen molar-refractivity contribution < 1.29 is 0 Å². The van der Waals surface area contributed by atoms with Crippen LogP contribution < -0.4 is 10.9 Å². The number of rotatable bonds is 1. The van der Waals surface area contributed by atoms with Crippen LogP contribution in [-0.2, 0) is 0 Å². The number of nitrogens with one attached hydrogen (secondary N) is 2. The summed E-state index contributed by atoms with van der Waals surface area (Å²) >= 11 is 6.28. The van der Waals surface area contributed by atoms with E-state index in [0.29, 0.717) is 11.1 Å². The lowest BCUT2D eigenvalue weighted by Gasteiger charge is -2.01. The molecule has 3 aromatic rings. The molecular weight excluding hydrogens is 276 g/mol. The molecule has 6 nitrogen and oxygen atoms in total. The summed E-state index contributed by atoms with van der Waals surface area (Å²) in [6.07, 6.45) is 2.63. The van der Waals surface area contributed by atoms with Crippen molar-refractivity contribution >= 4 is 28.2 Å². The number of nitrogens with zero attached hydrogens (tertiary/aromatic N) is 4. The minimum atomic E-state index is 0.113. The molecule has 0 aliphatic carbocycles. The van der Waals surface area contributed by atoms with E-state index in [1.807, 2.05) is 18.2 Å². The van der Waals surface area contributed by atoms with Gasteiger partial charge in [-0.3, -0.25) is 5.43 Å². The number of aromatic nitrogens is 4. The van der Waals surface area contributed by atoms with E-state index in [-0.39, 0.29) is 6.04 Å². The molecule has 0 bridgehead atoms. The third-order valence-electron chi connectivity index (χ3n) is 3.57. The van der Waals surface area contributed by atoms with Crippen molar-refractivity contribution in [3.8, 4) is 0 Å². The summed E-state index contributed by atoms with van der Waals surface area (Å²) in [5.41, 5.74) is 7.96. The molecule has 2 atom stereocenters. The molecule has 0 radical (unpaired) electrons. The van der Waals surface area contributed by atoms with Crippen LogP contribution in [-0.4, -0.2) is 25.6 Å². The van der Waals surface area contributed by atoms with Crippen molar-refractivity contribution in [1.82, 2.24) is 30.4 Å². The predicted molar refractivity (Wildman–Crippen MR) is 76.4 cm³/mol. The molecule has 102 valence electrons. The molecule has 0 spiro atoms. The van der Waals surface area contributed by atoms with E-state index in [1.165, 1.54) is 0 Å². The summed E-state index contributed by atoms with van der Waals surface area (Å²) in [6.45, 7) is 2.12. The molecule has 2 aromatic heterocycles. The third kappa shape index (κ3) is 1.76. The Morgan fingerprint density at radius 2 is 2.25 bits per heavy atom. The summed E-state index contributed by atoms with van der Waals surface area (Å²) in [5, 5.41) is 5.99. The van der Waals surface area contributed by atoms with Crippen LogP contribution in [0.15, 0.2) is 24.5 Å². The summed E-state index contributed by atoms with van der Waals surface area (Å²) in [6, 6.07) is 6.17. The maximum atomic E-state index is 6.28. The molecular formula is C13H13ClN6. The normalized spacial score (nSPS) is 22.9. The van der Waals surface area contributed by atoms with Gasteiger partial charge in [0.2, 0.25) is 0 Å². The smallest absolute Gasteiger partial charge is 0.170 e. The maximum Gasteiger partial charge on any atom is 0.170 e. The standard InChI is InChI=1S/C13H13ClN6/c1-7-5-10(18-17-7)12-16-13-11-8(14)3-2-4-9(11)15-6-20(13)19-12/h2-4,6-7,10,17-18H,5H2,1H3. The Bertz CT molecular complexity index is 798. The largest absolute Gasteiger partial charge is 0.254 e. The topological polar surface area (TPSA) is 67.1 Å². The lowest BCUT2D eigenvalue weighted by Crippen LogP contribution is -2.29. The van der Waals surface area contributed by atoms with Crippen LogP contribution in [0.1, 0.15) is 25.2 Å². The van der Waals surface area contributed by atoms with Gasteiger partial charge in [-0.1, -0.05) is 17.7 Å². The lowest BCUT2D eigenvalue weighted by atomic mass is 10.1. The van der Waals surface area contributed by atoms with Crippen molar-refractivity contribution in [2.24, 2.45) is 0 Å². The van der Waals surface area contributed by atoms with E-state index >= 15 is 0 Å². The van der Waals surface area contributed by atoms with Gasteiger partial charge in [0.05, 0.1) is 22.0 Å². The van der Waals surface area contributed by atoms with Crippen molar-refractivity contribution in [2.75, 3.05) is 0 Å². The molecule has 3 heterocycles. The van der Waals surface area contributed by atoms with Crippen LogP contribution >= 0.6 is 11.6 Å². The van der Waals surface area contributed by atoms with Gasteiger partial charge in [-0.15, -0.1) is 5.10 Å². The summed E-state index contributed by atoms with van der Waals surface area (Å²) in [4.78, 5) is 9.01. The third-order valence-corrected chi connectivity index (χ3v) is 3.89. The highest BCUT2D eigenvalue weighted by Gasteiger charge is 2.25. The average molecular weight is 289 g/mol. The van der Waals surface area contributed by atoms with Crippen molar-refractivity contribution in [3.63, 3.8) is 0 Å². The fourth-order valence-corrected chi connectivity index (χ4v) is 2.84. The molecule has 2 N–H and O–H groups in total. The summed E-state index contributed by atoms with van der Waals surface area (Å²) < 4.78 is 1.69. The molecule has 1 fully saturated rings. The molecule has 0 saturated carbocycles. The lowest BCUT2D eigenvalue weighted by molar-refractivity contribution is 0.543. The monoisotopic (exact) mass is 288 g/mol. The number of halogens is 1. The highest BCUT2D eigenvalue weighted by Crippen LogP contribution is 2.27. The fourth-order valence-electron chi connectivity index (χ4n) is 2.58. The van der Waals surface area contributed by atoms with Crippen LogP contribution in [0.5, 0.6) is 0 Å². The van der Waals surface area contributed by atoms with E-state index < -0.39 is 0 Å². The Morgan fingerprint density at radius 1 is 1.35 bits per heavy atom. The SMILES string of the molecule is CC1CC(c2nc3c4c(Cl)cccc4ncn3n2)NN1. The zero-order valence-corrected chi connectivity index (χ0v) is 11.6. The van der Waals surface area contributed by atoms with E-state index in [4.69, 9.17) is 11.6 Å². The number of benzene rings is 1. The van der Waals surface area contributed by atoms with E-state index in [2.05, 4.69) is 32.8 Å². The van der Waals surface area contributed by atoms with Gasteiger partial charge < -0.3 is 0 Å². The van der Waals surface area contributed by atoms with Crippen molar-refractivity contribution in [3.05, 3.63) is 35.4 Å². The quantitative estimate of drug-likeness (QED) is 0.715. The Morgan fingerprint density at radius 3 is 3.05 bits per heavy atom. The average Bonchev–Trinajstić information content (AvgIpc) is 3.04. The van der Waals surface area contributed by atoms with Gasteiger partial charge in [-0.05, 0) is 25.5 Å². The zero-order valence-electron chi connectivity index (χ0n) is 10.8. The van der Waals surface area contributed by atoms with Crippen LogP contribution in [0.2, 0.25) is 5.02 Å². The Kier molecular flexibility index (Phi) is 2.63. The van der Waals surface area contributed by atoms with Crippen LogP contribution in [0.25, 0.3) is 16.6 Å². The van der Waals surface area contributed by atoms with Crippen molar-refractivity contribution in [1.29, 1.82) is 0 Å². The molecule has 20 heavy (non-hydrogen) atoms. The van der Waals surface area contributed by atoms with E-state index in [0.717, 1.165) is 28.8 Å². The first-order valence-corrected chi connectivity index (χ1v) is 6.91. The fraction of sp³-hybridized carbons (Fsp3) is 0.308. The highest BCUT2D eigenvalue weighted by atomic mass is 35.5. The van der Waals surface area contributed by atoms with Gasteiger partial charge in [-0.25, -0.2) is 19.9 Å². The molecule has 1 aromatic carbocycles. The molecule has 1 saturated heterocycles. The molecule has 2 unspecified atom stereocenters. The van der Waals surface area contributed by atoms with Gasteiger partial charge >= 0.3 is 0 Å². The zero-order chi connectivity index (χ0) is 13.7. The minimum Gasteiger partial charge on any atom is -0.254 e. The van der Waals surface area contributed by atoms with Gasteiger partial charge in [0.25, 0.3) is 0 Å². The first-order chi connectivity index (χ1) is 9.72. The number of fused-ring (bicyclic) bond motifs is 3. The second-order valence-corrected chi connectivity index (χ2v) is 5.50. The first kappa shape index (κ1) is 12.0. The Hall–Kier alpha value is -1.76. The molecule has 0 amide bonds. The van der Waals surface area contributed by atoms with Crippen LogP contribution in [0.4, 0.5) is 0 Å². The first-order valence-electron chi connectivity index (χ1n) is 6.53. The molecule has 1 aliphatic rings. The highest BCUT2D eigenvalue weighted by molar-refractivity contribution is 6.36. The predicted octanol–water partition coefficient (Wildman–Crippen LogP) is 1.86. The van der Waals surface area contributed by atoms with E-state index in [1.54, 1.807) is 10.8 Å². The molecule has 7 heteroatoms. The summed E-state index contributed by atoms with van der Waals surface area (Å²) in [7, 11) is 0. The van der Waals surface area contributed by atoms with Crippen LogP contribution in [0, 0.1) is 0 Å². The Labute approximate surface area is 120 Å². The molecule has 4 rings (SSSR count). The number of hydrogen-bond donors (Lipinski definition) is 2. The van der Waals surface area contributed by atoms with Gasteiger partial charge in [0, 0.05) is 6.04 Å². The van der Waals surface area contributed by atoms with E-state index in [9.17, 15) is 0 Å². The Balaban J connectivity index is 1.92. The van der Waals surface area contributed by atoms with Gasteiger partial charge in [-0.2, -0.15) is 0 Å². The van der Waals surface area contributed by atoms with Gasteiger partial charge in [0.15, 0.2) is 11.5 Å². The minimum absolute atomic E-state index is 0.113. The second-order valence-electron chi connectivity index (χ2n) is 5.09. The van der Waals surface area contributed by atoms with Gasteiger partial charge in [0.1, 0.15) is 6.33 Å². The number of hydrogen-bond acceptors (Lipinski definition) is 5. The second kappa shape index (κ2) is 4.37.